The van der Waals surface area contributed by atoms with Crippen LogP contribution in [-0.2, 0) is 6.42 Å². The van der Waals surface area contributed by atoms with E-state index in [9.17, 15) is 4.79 Å². The Morgan fingerprint density at radius 1 is 1.36 bits per heavy atom. The van der Waals surface area contributed by atoms with Crippen LogP contribution in [0.2, 0.25) is 0 Å². The summed E-state index contributed by atoms with van der Waals surface area (Å²) < 4.78 is 5.73. The van der Waals surface area contributed by atoms with Gasteiger partial charge in [0.25, 0.3) is 0 Å². The Morgan fingerprint density at radius 2 is 2.16 bits per heavy atom. The molecule has 3 heterocycles. The molecule has 1 fully saturated rings. The van der Waals surface area contributed by atoms with E-state index in [-0.39, 0.29) is 18.0 Å². The molecule has 0 spiro atoms. The molecular weight excluding hydrogens is 318 g/mol. The Labute approximate surface area is 147 Å². The first-order valence-electron chi connectivity index (χ1n) is 8.83. The van der Waals surface area contributed by atoms with Gasteiger partial charge in [0.2, 0.25) is 11.8 Å². The van der Waals surface area contributed by atoms with Gasteiger partial charge in [-0.2, -0.15) is 0 Å². The molecule has 1 saturated heterocycles. The summed E-state index contributed by atoms with van der Waals surface area (Å²) in [5, 5.41) is 11.2. The minimum Gasteiger partial charge on any atom is -0.425 e. The molecule has 7 nitrogen and oxygen atoms in total. The summed E-state index contributed by atoms with van der Waals surface area (Å²) in [5.41, 5.74) is 2.50. The number of pyridine rings is 1. The van der Waals surface area contributed by atoms with Gasteiger partial charge >= 0.3 is 6.03 Å². The maximum atomic E-state index is 12.8. The van der Waals surface area contributed by atoms with Crippen molar-refractivity contribution < 1.29 is 9.21 Å². The summed E-state index contributed by atoms with van der Waals surface area (Å²) >= 11 is 0. The van der Waals surface area contributed by atoms with Gasteiger partial charge in [-0.15, -0.1) is 10.2 Å². The van der Waals surface area contributed by atoms with Crippen molar-refractivity contribution in [3.63, 3.8) is 0 Å². The first kappa shape index (κ1) is 17.4. The summed E-state index contributed by atoms with van der Waals surface area (Å²) in [6, 6.07) is 3.68. The number of hydrogen-bond acceptors (Lipinski definition) is 5. The highest BCUT2D eigenvalue weighted by Crippen LogP contribution is 2.32. The van der Waals surface area contributed by atoms with Crippen LogP contribution >= 0.6 is 0 Å². The van der Waals surface area contributed by atoms with E-state index < -0.39 is 0 Å². The summed E-state index contributed by atoms with van der Waals surface area (Å²) in [5.74, 6) is 1.35. The van der Waals surface area contributed by atoms with E-state index in [2.05, 4.69) is 20.5 Å². The molecule has 2 aromatic rings. The van der Waals surface area contributed by atoms with E-state index in [1.165, 1.54) is 0 Å². The Kier molecular flexibility index (Phi) is 5.01. The maximum absolute atomic E-state index is 12.8. The van der Waals surface area contributed by atoms with E-state index in [0.29, 0.717) is 11.8 Å². The SMILES string of the molecule is CCc1nnc([C@@H]2CCCN(C(=O)Nc3ccc(C)nc3C)[C@@H]2C)o1. The molecule has 2 amide bonds. The third-order valence-electron chi connectivity index (χ3n) is 4.82. The molecule has 3 rings (SSSR count). The van der Waals surface area contributed by atoms with Crippen molar-refractivity contribution in [2.24, 2.45) is 0 Å². The second-order valence-corrected chi connectivity index (χ2v) is 6.59. The predicted molar refractivity (Wildman–Crippen MR) is 94.5 cm³/mol. The van der Waals surface area contributed by atoms with Crippen molar-refractivity contribution in [1.82, 2.24) is 20.1 Å². The van der Waals surface area contributed by atoms with Gasteiger partial charge in [-0.3, -0.25) is 4.98 Å². The molecule has 0 radical (unpaired) electrons. The van der Waals surface area contributed by atoms with Gasteiger partial charge in [0.15, 0.2) is 0 Å². The number of piperidine rings is 1. The topological polar surface area (TPSA) is 84.2 Å². The number of rotatable bonds is 3. The van der Waals surface area contributed by atoms with Crippen LogP contribution < -0.4 is 5.32 Å². The molecule has 0 unspecified atom stereocenters. The molecule has 7 heteroatoms. The van der Waals surface area contributed by atoms with Crippen molar-refractivity contribution in [1.29, 1.82) is 0 Å². The van der Waals surface area contributed by atoms with E-state index in [4.69, 9.17) is 4.42 Å². The smallest absolute Gasteiger partial charge is 0.322 e. The van der Waals surface area contributed by atoms with Gasteiger partial charge in [-0.25, -0.2) is 4.79 Å². The standard InChI is InChI=1S/C18H25N5O2/c1-5-16-21-22-17(25-16)14-7-6-10-23(13(14)4)18(24)20-15-9-8-11(2)19-12(15)3/h8-9,13-14H,5-7,10H2,1-4H3,(H,20,24)/t13-,14-/m1/s1. The number of likely N-dealkylation sites (tertiary alicyclic amines) is 1. The van der Waals surface area contributed by atoms with Gasteiger partial charge in [0.05, 0.1) is 17.3 Å². The van der Waals surface area contributed by atoms with Crippen LogP contribution in [0.1, 0.15) is 55.8 Å². The number of hydrogen-bond donors (Lipinski definition) is 1. The molecule has 25 heavy (non-hydrogen) atoms. The van der Waals surface area contributed by atoms with Crippen molar-refractivity contribution in [2.75, 3.05) is 11.9 Å². The van der Waals surface area contributed by atoms with Crippen molar-refractivity contribution in [3.05, 3.63) is 35.3 Å². The summed E-state index contributed by atoms with van der Waals surface area (Å²) in [4.78, 5) is 19.0. The van der Waals surface area contributed by atoms with Gasteiger partial charge < -0.3 is 14.6 Å². The van der Waals surface area contributed by atoms with Crippen molar-refractivity contribution in [2.45, 2.75) is 58.9 Å². The number of aryl methyl sites for hydroxylation is 3. The lowest BCUT2D eigenvalue weighted by Crippen LogP contribution is -2.48. The molecule has 1 N–H and O–H groups in total. The minimum absolute atomic E-state index is 0.00220. The van der Waals surface area contributed by atoms with Crippen LogP contribution in [0, 0.1) is 13.8 Å². The Morgan fingerprint density at radius 3 is 2.84 bits per heavy atom. The average Bonchev–Trinajstić information content (AvgIpc) is 3.06. The van der Waals surface area contributed by atoms with Gasteiger partial charge in [0.1, 0.15) is 0 Å². The normalized spacial score (nSPS) is 20.6. The zero-order chi connectivity index (χ0) is 18.0. The van der Waals surface area contributed by atoms with E-state index >= 15 is 0 Å². The monoisotopic (exact) mass is 343 g/mol. The number of nitrogens with one attached hydrogen (secondary N) is 1. The van der Waals surface area contributed by atoms with Crippen LogP contribution in [0.4, 0.5) is 10.5 Å². The third-order valence-corrected chi connectivity index (χ3v) is 4.82. The fourth-order valence-corrected chi connectivity index (χ4v) is 3.32. The van der Waals surface area contributed by atoms with Crippen LogP contribution in [-0.4, -0.2) is 38.7 Å². The number of carbonyl (C=O) groups excluding carboxylic acids is 1. The molecule has 2 atom stereocenters. The van der Waals surface area contributed by atoms with E-state index in [1.807, 2.05) is 44.7 Å². The molecular formula is C18H25N5O2. The fourth-order valence-electron chi connectivity index (χ4n) is 3.32. The Balaban J connectivity index is 1.73. The van der Waals surface area contributed by atoms with E-state index in [0.717, 1.165) is 42.9 Å². The highest BCUT2D eigenvalue weighted by Gasteiger charge is 2.35. The van der Waals surface area contributed by atoms with Crippen LogP contribution in [0.5, 0.6) is 0 Å². The Bertz CT molecular complexity index is 758. The van der Waals surface area contributed by atoms with Crippen LogP contribution in [0.15, 0.2) is 16.5 Å². The minimum atomic E-state index is -0.110. The summed E-state index contributed by atoms with van der Waals surface area (Å²) in [7, 11) is 0. The van der Waals surface area contributed by atoms with Crippen LogP contribution in [0.25, 0.3) is 0 Å². The third kappa shape index (κ3) is 3.65. The lowest BCUT2D eigenvalue weighted by molar-refractivity contribution is 0.147. The largest absolute Gasteiger partial charge is 0.425 e. The molecule has 0 aliphatic carbocycles. The molecule has 2 aromatic heterocycles. The zero-order valence-electron chi connectivity index (χ0n) is 15.2. The van der Waals surface area contributed by atoms with Crippen molar-refractivity contribution >= 4 is 11.7 Å². The second kappa shape index (κ2) is 7.21. The second-order valence-electron chi connectivity index (χ2n) is 6.59. The maximum Gasteiger partial charge on any atom is 0.322 e. The number of aromatic nitrogens is 3. The van der Waals surface area contributed by atoms with Gasteiger partial charge in [0, 0.05) is 24.7 Å². The Hall–Kier alpha value is -2.44. The molecule has 0 aromatic carbocycles. The average molecular weight is 343 g/mol. The quantitative estimate of drug-likeness (QED) is 0.923. The first-order chi connectivity index (χ1) is 12.0. The summed E-state index contributed by atoms with van der Waals surface area (Å²) in [6.45, 7) is 8.58. The highest BCUT2D eigenvalue weighted by atomic mass is 16.4. The van der Waals surface area contributed by atoms with Gasteiger partial charge in [-0.1, -0.05) is 6.92 Å². The van der Waals surface area contributed by atoms with Gasteiger partial charge in [-0.05, 0) is 45.7 Å². The number of amides is 2. The molecule has 1 aliphatic heterocycles. The molecule has 134 valence electrons. The molecule has 0 saturated carbocycles. The highest BCUT2D eigenvalue weighted by molar-refractivity contribution is 5.90. The number of carbonyl (C=O) groups is 1. The number of anilines is 1. The molecule has 0 bridgehead atoms. The van der Waals surface area contributed by atoms with E-state index in [1.54, 1.807) is 0 Å². The fraction of sp³-hybridized carbons (Fsp3) is 0.556. The van der Waals surface area contributed by atoms with Crippen molar-refractivity contribution in [3.8, 4) is 0 Å². The predicted octanol–water partition coefficient (Wildman–Crippen LogP) is 3.44. The lowest BCUT2D eigenvalue weighted by Gasteiger charge is -2.37. The first-order valence-corrected chi connectivity index (χ1v) is 8.83. The number of nitrogens with zero attached hydrogens (tertiary/aromatic N) is 4. The molecule has 1 aliphatic rings. The van der Waals surface area contributed by atoms with Crippen LogP contribution in [0.3, 0.4) is 0 Å². The zero-order valence-corrected chi connectivity index (χ0v) is 15.2. The summed E-state index contributed by atoms with van der Waals surface area (Å²) in [6.07, 6.45) is 2.58. The number of urea groups is 1. The lowest BCUT2D eigenvalue weighted by atomic mass is 9.90.